The van der Waals surface area contributed by atoms with Crippen molar-refractivity contribution >= 4 is 33.0 Å². The van der Waals surface area contributed by atoms with E-state index in [0.717, 1.165) is 15.9 Å². The number of halogens is 1. The average molecular weight is 312 g/mol. The van der Waals surface area contributed by atoms with Crippen LogP contribution in [0.1, 0.15) is 17.8 Å². The predicted molar refractivity (Wildman–Crippen MR) is 77.1 cm³/mol. The van der Waals surface area contributed by atoms with Gasteiger partial charge in [0, 0.05) is 26.5 Å². The van der Waals surface area contributed by atoms with Crippen molar-refractivity contribution < 1.29 is 4.74 Å². The van der Waals surface area contributed by atoms with Gasteiger partial charge >= 0.3 is 0 Å². The average Bonchev–Trinajstić information content (AvgIpc) is 2.76. The zero-order valence-electron chi connectivity index (χ0n) is 9.74. The Kier molecular flexibility index (Phi) is 4.07. The first kappa shape index (κ1) is 12.5. The zero-order chi connectivity index (χ0) is 12.3. The van der Waals surface area contributed by atoms with Crippen LogP contribution in [0.2, 0.25) is 0 Å². The van der Waals surface area contributed by atoms with Crippen LogP contribution in [0.4, 0.5) is 5.69 Å². The van der Waals surface area contributed by atoms with E-state index in [1.54, 1.807) is 18.4 Å². The molecule has 0 aliphatic rings. The third-order valence-electron chi connectivity index (χ3n) is 2.47. The summed E-state index contributed by atoms with van der Waals surface area (Å²) in [5.74, 6) is 0.870. The molecule has 1 unspecified atom stereocenters. The van der Waals surface area contributed by atoms with Gasteiger partial charge in [-0.2, -0.15) is 0 Å². The summed E-state index contributed by atoms with van der Waals surface area (Å²) in [6, 6.07) is 10.4. The van der Waals surface area contributed by atoms with Gasteiger partial charge in [-0.1, -0.05) is 6.07 Å². The molecular formula is C13H14BrNOS. The van der Waals surface area contributed by atoms with Crippen molar-refractivity contribution in [1.82, 2.24) is 0 Å². The lowest BCUT2D eigenvalue weighted by Crippen LogP contribution is -2.04. The molecule has 0 fully saturated rings. The molecule has 4 heteroatoms. The Labute approximate surface area is 114 Å². The maximum atomic E-state index is 5.20. The monoisotopic (exact) mass is 311 g/mol. The van der Waals surface area contributed by atoms with Crippen LogP contribution in [0.3, 0.4) is 0 Å². The summed E-state index contributed by atoms with van der Waals surface area (Å²) in [5, 5.41) is 5.55. The minimum Gasteiger partial charge on any atom is -0.497 e. The molecule has 17 heavy (non-hydrogen) atoms. The molecule has 1 aromatic heterocycles. The first-order valence-corrected chi connectivity index (χ1v) is 7.01. The molecule has 0 saturated heterocycles. The number of anilines is 1. The summed E-state index contributed by atoms with van der Waals surface area (Å²) in [7, 11) is 1.68. The third-order valence-corrected chi connectivity index (χ3v) is 4.34. The maximum absolute atomic E-state index is 5.20. The van der Waals surface area contributed by atoms with Crippen molar-refractivity contribution in [3.8, 4) is 5.75 Å². The van der Waals surface area contributed by atoms with Crippen molar-refractivity contribution in [3.63, 3.8) is 0 Å². The van der Waals surface area contributed by atoms with Crippen LogP contribution >= 0.6 is 27.3 Å². The molecule has 2 aromatic rings. The molecule has 1 heterocycles. The summed E-state index contributed by atoms with van der Waals surface area (Å²) in [6.07, 6.45) is 0. The molecule has 2 nitrogen and oxygen atoms in total. The van der Waals surface area contributed by atoms with E-state index >= 15 is 0 Å². The fourth-order valence-corrected chi connectivity index (χ4v) is 3.04. The number of thiophene rings is 1. The van der Waals surface area contributed by atoms with Gasteiger partial charge in [-0.3, -0.25) is 0 Å². The lowest BCUT2D eigenvalue weighted by Gasteiger charge is -2.14. The van der Waals surface area contributed by atoms with Gasteiger partial charge < -0.3 is 10.1 Å². The van der Waals surface area contributed by atoms with Gasteiger partial charge in [0.15, 0.2) is 0 Å². The van der Waals surface area contributed by atoms with Crippen LogP contribution in [0.5, 0.6) is 5.75 Å². The molecule has 1 N–H and O–H groups in total. The highest BCUT2D eigenvalue weighted by atomic mass is 79.9. The Morgan fingerprint density at radius 3 is 2.82 bits per heavy atom. The van der Waals surface area contributed by atoms with E-state index in [1.807, 2.05) is 24.3 Å². The SMILES string of the molecule is COc1cccc(NC(C)c2cc(Br)cs2)c1. The highest BCUT2D eigenvalue weighted by Gasteiger charge is 2.08. The van der Waals surface area contributed by atoms with E-state index in [2.05, 4.69) is 39.6 Å². The van der Waals surface area contributed by atoms with Gasteiger partial charge in [0.1, 0.15) is 5.75 Å². The van der Waals surface area contributed by atoms with E-state index in [4.69, 9.17) is 4.74 Å². The maximum Gasteiger partial charge on any atom is 0.120 e. The van der Waals surface area contributed by atoms with Crippen molar-refractivity contribution in [2.75, 3.05) is 12.4 Å². The van der Waals surface area contributed by atoms with Crippen LogP contribution in [0.25, 0.3) is 0 Å². The Morgan fingerprint density at radius 1 is 1.35 bits per heavy atom. The van der Waals surface area contributed by atoms with E-state index < -0.39 is 0 Å². The Morgan fingerprint density at radius 2 is 2.18 bits per heavy atom. The quantitative estimate of drug-likeness (QED) is 0.884. The molecule has 0 spiro atoms. The molecule has 0 amide bonds. The van der Waals surface area contributed by atoms with Crippen LogP contribution < -0.4 is 10.1 Å². The Hall–Kier alpha value is -1.000. The van der Waals surface area contributed by atoms with E-state index in [9.17, 15) is 0 Å². The van der Waals surface area contributed by atoms with Gasteiger partial charge in [-0.25, -0.2) is 0 Å². The minimum absolute atomic E-state index is 0.290. The molecule has 1 aromatic carbocycles. The number of hydrogen-bond acceptors (Lipinski definition) is 3. The van der Waals surface area contributed by atoms with Gasteiger partial charge in [-0.05, 0) is 41.1 Å². The molecule has 0 radical (unpaired) electrons. The minimum atomic E-state index is 0.290. The number of rotatable bonds is 4. The Bertz CT molecular complexity index is 498. The van der Waals surface area contributed by atoms with Gasteiger partial charge in [-0.15, -0.1) is 11.3 Å². The lowest BCUT2D eigenvalue weighted by molar-refractivity contribution is 0.415. The predicted octanol–water partition coefficient (Wildman–Crippen LogP) is 4.69. The second-order valence-electron chi connectivity index (χ2n) is 3.77. The smallest absolute Gasteiger partial charge is 0.120 e. The second kappa shape index (κ2) is 5.56. The van der Waals surface area contributed by atoms with Crippen LogP contribution in [-0.2, 0) is 0 Å². The van der Waals surface area contributed by atoms with Crippen molar-refractivity contribution in [3.05, 3.63) is 45.1 Å². The summed E-state index contributed by atoms with van der Waals surface area (Å²) >= 11 is 5.22. The number of hydrogen-bond donors (Lipinski definition) is 1. The largest absolute Gasteiger partial charge is 0.497 e. The summed E-state index contributed by atoms with van der Waals surface area (Å²) in [5.41, 5.74) is 1.07. The van der Waals surface area contributed by atoms with Crippen LogP contribution in [0, 0.1) is 0 Å². The van der Waals surface area contributed by atoms with E-state index in [-0.39, 0.29) is 0 Å². The molecule has 90 valence electrons. The van der Waals surface area contributed by atoms with Crippen LogP contribution in [0.15, 0.2) is 40.2 Å². The van der Waals surface area contributed by atoms with Gasteiger partial charge in [0.25, 0.3) is 0 Å². The van der Waals surface area contributed by atoms with E-state index in [1.165, 1.54) is 4.88 Å². The van der Waals surface area contributed by atoms with Crippen LogP contribution in [-0.4, -0.2) is 7.11 Å². The van der Waals surface area contributed by atoms with Crippen molar-refractivity contribution in [2.24, 2.45) is 0 Å². The Balaban J connectivity index is 2.09. The molecule has 0 saturated carbocycles. The number of methoxy groups -OCH3 is 1. The highest BCUT2D eigenvalue weighted by molar-refractivity contribution is 9.10. The topological polar surface area (TPSA) is 21.3 Å². The van der Waals surface area contributed by atoms with Gasteiger partial charge in [0.05, 0.1) is 13.2 Å². The first-order valence-electron chi connectivity index (χ1n) is 5.33. The van der Waals surface area contributed by atoms with Gasteiger partial charge in [0.2, 0.25) is 0 Å². The number of benzene rings is 1. The fraction of sp³-hybridized carbons (Fsp3) is 0.231. The van der Waals surface area contributed by atoms with Crippen molar-refractivity contribution in [2.45, 2.75) is 13.0 Å². The van der Waals surface area contributed by atoms with E-state index in [0.29, 0.717) is 6.04 Å². The lowest BCUT2D eigenvalue weighted by atomic mass is 10.2. The summed E-state index contributed by atoms with van der Waals surface area (Å²) in [4.78, 5) is 1.31. The standard InChI is InChI=1S/C13H14BrNOS/c1-9(13-6-10(14)8-17-13)15-11-4-3-5-12(7-11)16-2/h3-9,15H,1-2H3. The molecule has 0 aliphatic carbocycles. The van der Waals surface area contributed by atoms with Crippen molar-refractivity contribution in [1.29, 1.82) is 0 Å². The molecule has 0 aliphatic heterocycles. The summed E-state index contributed by atoms with van der Waals surface area (Å²) < 4.78 is 6.34. The second-order valence-corrected chi connectivity index (χ2v) is 5.62. The first-order chi connectivity index (χ1) is 8.19. The third kappa shape index (κ3) is 3.23. The fourth-order valence-electron chi connectivity index (χ4n) is 1.59. The molecular weight excluding hydrogens is 298 g/mol. The zero-order valence-corrected chi connectivity index (χ0v) is 12.1. The summed E-state index contributed by atoms with van der Waals surface area (Å²) in [6.45, 7) is 2.15. The highest BCUT2D eigenvalue weighted by Crippen LogP contribution is 2.28. The normalized spacial score (nSPS) is 12.2. The molecule has 1 atom stereocenters. The molecule has 2 rings (SSSR count). The molecule has 0 bridgehead atoms. The number of ether oxygens (including phenoxy) is 1. The number of nitrogens with one attached hydrogen (secondary N) is 1.